The van der Waals surface area contributed by atoms with Gasteiger partial charge in [-0.1, -0.05) is 28.8 Å². The van der Waals surface area contributed by atoms with E-state index < -0.39 is 11.7 Å². The van der Waals surface area contributed by atoms with E-state index in [0.717, 1.165) is 19.6 Å². The smallest absolute Gasteiger partial charge is 0.253 e. The number of nitrogens with two attached hydrogens (primary N) is 1. The number of likely N-dealkylation sites (tertiary alicyclic amines) is 1. The molecule has 4 nitrogen and oxygen atoms in total. The van der Waals surface area contributed by atoms with Gasteiger partial charge in [-0.3, -0.25) is 4.79 Å². The highest BCUT2D eigenvalue weighted by molar-refractivity contribution is 9.10. The first-order chi connectivity index (χ1) is 10.1. The summed E-state index contributed by atoms with van der Waals surface area (Å²) in [4.78, 5) is 13.8. The Hall–Kier alpha value is -1.14. The van der Waals surface area contributed by atoms with Crippen molar-refractivity contribution in [2.24, 2.45) is 5.73 Å². The fraction of sp³-hybridized carbons (Fsp3) is 0.533. The van der Waals surface area contributed by atoms with E-state index in [0.29, 0.717) is 16.7 Å². The number of anilines is 1. The molecular weight excluding hydrogens is 337 g/mol. The average molecular weight is 358 g/mol. The third-order valence-corrected chi connectivity index (χ3v) is 4.20. The third kappa shape index (κ3) is 4.68. The van der Waals surface area contributed by atoms with Crippen LogP contribution in [-0.4, -0.2) is 37.0 Å². The van der Waals surface area contributed by atoms with Crippen LogP contribution in [0.25, 0.3) is 0 Å². The summed E-state index contributed by atoms with van der Waals surface area (Å²) >= 11 is 3.23. The molecule has 21 heavy (non-hydrogen) atoms. The number of hydrogen-bond acceptors (Lipinski definition) is 3. The van der Waals surface area contributed by atoms with Crippen LogP contribution in [0, 0.1) is 5.82 Å². The molecule has 1 saturated heterocycles. The summed E-state index contributed by atoms with van der Waals surface area (Å²) in [6.07, 6.45) is 5.06. The van der Waals surface area contributed by atoms with E-state index in [9.17, 15) is 9.18 Å². The van der Waals surface area contributed by atoms with Crippen molar-refractivity contribution in [1.82, 2.24) is 4.90 Å². The first-order valence-electron chi connectivity index (χ1n) is 7.33. The summed E-state index contributed by atoms with van der Waals surface area (Å²) < 4.78 is 14.4. The predicted molar refractivity (Wildman–Crippen MR) is 86.0 cm³/mol. The number of carbonyl (C=O) groups is 1. The zero-order valence-electron chi connectivity index (χ0n) is 12.0. The maximum atomic E-state index is 13.8. The standard InChI is InChI=1S/C15H21BrFN3O/c16-11-9-12(17)14(15(18)21)13(10-11)19-5-8-20-6-3-1-2-4-7-20/h9-10,19H,1-8H2,(H2,18,21). The molecule has 0 aliphatic carbocycles. The lowest BCUT2D eigenvalue weighted by Crippen LogP contribution is -2.30. The molecule has 0 bridgehead atoms. The summed E-state index contributed by atoms with van der Waals surface area (Å²) in [6, 6.07) is 2.94. The van der Waals surface area contributed by atoms with Gasteiger partial charge in [0.15, 0.2) is 0 Å². The summed E-state index contributed by atoms with van der Waals surface area (Å²) in [7, 11) is 0. The largest absolute Gasteiger partial charge is 0.383 e. The Morgan fingerprint density at radius 1 is 1.29 bits per heavy atom. The van der Waals surface area contributed by atoms with Crippen molar-refractivity contribution in [3.8, 4) is 0 Å². The molecular formula is C15H21BrFN3O. The fourth-order valence-electron chi connectivity index (χ4n) is 2.67. The van der Waals surface area contributed by atoms with Crippen LogP contribution in [0.15, 0.2) is 16.6 Å². The summed E-state index contributed by atoms with van der Waals surface area (Å²) in [5.74, 6) is -1.36. The van der Waals surface area contributed by atoms with Gasteiger partial charge in [-0.15, -0.1) is 0 Å². The number of rotatable bonds is 5. The van der Waals surface area contributed by atoms with Crippen LogP contribution in [0.1, 0.15) is 36.0 Å². The molecule has 3 N–H and O–H groups in total. The molecule has 1 aromatic rings. The SMILES string of the molecule is NC(=O)c1c(F)cc(Br)cc1NCCN1CCCCCC1. The van der Waals surface area contributed by atoms with E-state index in [1.165, 1.54) is 31.7 Å². The maximum absolute atomic E-state index is 13.8. The Labute approximate surface area is 133 Å². The molecule has 0 saturated carbocycles. The molecule has 0 atom stereocenters. The van der Waals surface area contributed by atoms with Gasteiger partial charge in [0.1, 0.15) is 5.82 Å². The summed E-state index contributed by atoms with van der Waals surface area (Å²) in [5, 5.41) is 3.13. The van der Waals surface area contributed by atoms with Crippen molar-refractivity contribution in [3.05, 3.63) is 28.0 Å². The molecule has 0 aromatic heterocycles. The number of halogens is 2. The minimum atomic E-state index is -0.753. The van der Waals surface area contributed by atoms with Crippen LogP contribution in [0.3, 0.4) is 0 Å². The minimum Gasteiger partial charge on any atom is -0.383 e. The Morgan fingerprint density at radius 2 is 1.95 bits per heavy atom. The number of amides is 1. The van der Waals surface area contributed by atoms with E-state index in [1.807, 2.05) is 0 Å². The number of benzene rings is 1. The highest BCUT2D eigenvalue weighted by Crippen LogP contribution is 2.24. The quantitative estimate of drug-likeness (QED) is 0.851. The molecule has 0 radical (unpaired) electrons. The lowest BCUT2D eigenvalue weighted by Gasteiger charge is -2.20. The van der Waals surface area contributed by atoms with Gasteiger partial charge in [-0.2, -0.15) is 0 Å². The predicted octanol–water partition coefficient (Wildman–Crippen LogP) is 2.98. The van der Waals surface area contributed by atoms with Crippen molar-refractivity contribution >= 4 is 27.5 Å². The van der Waals surface area contributed by atoms with Gasteiger partial charge >= 0.3 is 0 Å². The van der Waals surface area contributed by atoms with Crippen LogP contribution < -0.4 is 11.1 Å². The number of nitrogens with zero attached hydrogens (tertiary/aromatic N) is 1. The minimum absolute atomic E-state index is 0.0749. The zero-order chi connectivity index (χ0) is 15.2. The molecule has 6 heteroatoms. The molecule has 1 aliphatic heterocycles. The van der Waals surface area contributed by atoms with Gasteiger partial charge in [-0.05, 0) is 38.1 Å². The molecule has 1 heterocycles. The van der Waals surface area contributed by atoms with Crippen molar-refractivity contribution < 1.29 is 9.18 Å². The van der Waals surface area contributed by atoms with Crippen molar-refractivity contribution in [1.29, 1.82) is 0 Å². The van der Waals surface area contributed by atoms with Crippen molar-refractivity contribution in [2.75, 3.05) is 31.5 Å². The van der Waals surface area contributed by atoms with Crippen LogP contribution in [0.2, 0.25) is 0 Å². The molecule has 2 rings (SSSR count). The first kappa shape index (κ1) is 16.2. The van der Waals surface area contributed by atoms with E-state index in [4.69, 9.17) is 5.73 Å². The number of hydrogen-bond donors (Lipinski definition) is 2. The van der Waals surface area contributed by atoms with E-state index in [2.05, 4.69) is 26.1 Å². The van der Waals surface area contributed by atoms with E-state index in [1.54, 1.807) is 6.07 Å². The van der Waals surface area contributed by atoms with Crippen LogP contribution in [0.4, 0.5) is 10.1 Å². The fourth-order valence-corrected chi connectivity index (χ4v) is 3.10. The average Bonchev–Trinajstić information content (AvgIpc) is 2.66. The molecule has 1 fully saturated rings. The van der Waals surface area contributed by atoms with Crippen LogP contribution >= 0.6 is 15.9 Å². The summed E-state index contributed by atoms with van der Waals surface area (Å²) in [5.41, 5.74) is 5.63. The Morgan fingerprint density at radius 3 is 2.57 bits per heavy atom. The van der Waals surface area contributed by atoms with Gasteiger partial charge in [0.2, 0.25) is 0 Å². The Bertz CT molecular complexity index is 502. The Balaban J connectivity index is 1.97. The normalized spacial score (nSPS) is 16.5. The second-order valence-corrected chi connectivity index (χ2v) is 6.27. The van der Waals surface area contributed by atoms with Crippen LogP contribution in [0.5, 0.6) is 0 Å². The molecule has 1 amide bonds. The molecule has 1 aliphatic rings. The Kier molecular flexibility index (Phi) is 5.99. The van der Waals surface area contributed by atoms with Gasteiger partial charge in [0, 0.05) is 17.6 Å². The van der Waals surface area contributed by atoms with Crippen LogP contribution in [-0.2, 0) is 0 Å². The molecule has 0 unspecified atom stereocenters. The summed E-state index contributed by atoms with van der Waals surface area (Å²) in [6.45, 7) is 3.76. The number of nitrogens with one attached hydrogen (secondary N) is 1. The zero-order valence-corrected chi connectivity index (χ0v) is 13.6. The lowest BCUT2D eigenvalue weighted by atomic mass is 10.1. The second kappa shape index (κ2) is 7.75. The molecule has 0 spiro atoms. The maximum Gasteiger partial charge on any atom is 0.253 e. The van der Waals surface area contributed by atoms with Gasteiger partial charge in [-0.25, -0.2) is 4.39 Å². The van der Waals surface area contributed by atoms with Crippen molar-refractivity contribution in [2.45, 2.75) is 25.7 Å². The highest BCUT2D eigenvalue weighted by atomic mass is 79.9. The van der Waals surface area contributed by atoms with E-state index >= 15 is 0 Å². The highest BCUT2D eigenvalue weighted by Gasteiger charge is 2.16. The second-order valence-electron chi connectivity index (χ2n) is 5.36. The topological polar surface area (TPSA) is 58.4 Å². The van der Waals surface area contributed by atoms with Gasteiger partial charge in [0.05, 0.1) is 11.3 Å². The third-order valence-electron chi connectivity index (χ3n) is 3.74. The number of primary amides is 1. The monoisotopic (exact) mass is 357 g/mol. The van der Waals surface area contributed by atoms with Gasteiger partial charge < -0.3 is 16.0 Å². The molecule has 116 valence electrons. The molecule has 1 aromatic carbocycles. The first-order valence-corrected chi connectivity index (χ1v) is 8.12. The van der Waals surface area contributed by atoms with Crippen molar-refractivity contribution in [3.63, 3.8) is 0 Å². The van der Waals surface area contributed by atoms with Gasteiger partial charge in [0.25, 0.3) is 5.91 Å². The van der Waals surface area contributed by atoms with E-state index in [-0.39, 0.29) is 5.56 Å². The lowest BCUT2D eigenvalue weighted by molar-refractivity contribution is 0.0997. The number of carbonyl (C=O) groups excluding carboxylic acids is 1.